The summed E-state index contributed by atoms with van der Waals surface area (Å²) in [6, 6.07) is 196. The standard InChI is InChI=1S/2C48H32N2.C44H30N2/c1-3-12-33(13-4-1)36-17-7-19-38(28-36)39-25-26-46-45(31-39)44(32-47(50-46)42-22-8-18-37(29-42)34-14-5-2-6-15-34)41-21-9-20-40(30-41)43-24-10-16-35-23-11-27-49-48(35)43;1-3-11-33(12-4-1)38-16-9-18-40(29-38)41-26-28-47-44(31-41)43(32-48(50-47)42-19-10-17-39(30-42)34-13-5-2-6-14-34)35-21-23-37(24-22-35)46-27-25-36-15-7-8-20-45(36)49-46;1-3-11-31(12-4-1)33-15-7-17-35(25-33)37-22-23-43-42(28-37)41(38-19-8-18-36(26-38)40-21-10-24-45-30-40)29-44(46-43)39-20-9-16-34(27-39)32-13-5-2-6-14-32/h2*1-32H;1-30H. The maximum atomic E-state index is 5.28. The molecule has 0 atom stereocenters. The van der Waals surface area contributed by atoms with E-state index in [1.807, 2.05) is 36.8 Å². The summed E-state index contributed by atoms with van der Waals surface area (Å²) in [4.78, 5) is 29.8. The first-order chi connectivity index (χ1) is 72.3. The first kappa shape index (κ1) is 89.2. The van der Waals surface area contributed by atoms with Crippen LogP contribution in [0.15, 0.2) is 571 Å². The summed E-state index contributed by atoms with van der Waals surface area (Å²) in [7, 11) is 0. The van der Waals surface area contributed by atoms with Crippen molar-refractivity contribution in [3.8, 4) is 201 Å². The van der Waals surface area contributed by atoms with E-state index in [1.165, 1.54) is 83.5 Å². The summed E-state index contributed by atoms with van der Waals surface area (Å²) < 4.78 is 0. The topological polar surface area (TPSA) is 77.3 Å². The van der Waals surface area contributed by atoms with E-state index in [2.05, 4.69) is 539 Å². The van der Waals surface area contributed by atoms with E-state index in [4.69, 9.17) is 24.9 Å². The lowest BCUT2D eigenvalue weighted by atomic mass is 9.92. The van der Waals surface area contributed by atoms with E-state index in [9.17, 15) is 0 Å². The third-order valence-electron chi connectivity index (χ3n) is 27.5. The van der Waals surface area contributed by atoms with Gasteiger partial charge in [-0.25, -0.2) is 19.9 Å². The molecule has 146 heavy (non-hydrogen) atoms. The minimum atomic E-state index is 0.946. The van der Waals surface area contributed by atoms with Gasteiger partial charge in [-0.2, -0.15) is 0 Å². The lowest BCUT2D eigenvalue weighted by molar-refractivity contribution is 1.33. The molecule has 6 heteroatoms. The van der Waals surface area contributed by atoms with Gasteiger partial charge in [0.1, 0.15) is 0 Å². The number of nitrogens with zero attached hydrogens (tertiary/aromatic N) is 6. The number of hydrogen-bond donors (Lipinski definition) is 0. The predicted molar refractivity (Wildman–Crippen MR) is 611 cm³/mol. The summed E-state index contributed by atoms with van der Waals surface area (Å²) in [5.74, 6) is 0. The van der Waals surface area contributed by atoms with Crippen molar-refractivity contribution in [2.75, 3.05) is 0 Å². The highest BCUT2D eigenvalue weighted by Crippen LogP contribution is 2.45. The van der Waals surface area contributed by atoms with Crippen LogP contribution >= 0.6 is 0 Å². The zero-order valence-electron chi connectivity index (χ0n) is 80.0. The van der Waals surface area contributed by atoms with Crippen molar-refractivity contribution >= 4 is 54.5 Å². The van der Waals surface area contributed by atoms with Gasteiger partial charge in [0.2, 0.25) is 0 Å². The quantitative estimate of drug-likeness (QED) is 0.0852. The van der Waals surface area contributed by atoms with E-state index >= 15 is 0 Å². The van der Waals surface area contributed by atoms with E-state index in [1.54, 1.807) is 0 Å². The van der Waals surface area contributed by atoms with Crippen LogP contribution in [-0.2, 0) is 0 Å². The average molecular weight is 1860 g/mol. The van der Waals surface area contributed by atoms with Crippen molar-refractivity contribution in [1.82, 2.24) is 29.9 Å². The Morgan fingerprint density at radius 3 is 0.774 bits per heavy atom. The normalized spacial score (nSPS) is 11.2. The number of fused-ring (bicyclic) bond motifs is 5. The van der Waals surface area contributed by atoms with Crippen molar-refractivity contribution < 1.29 is 0 Å². The third-order valence-corrected chi connectivity index (χ3v) is 27.5. The molecule has 0 spiro atoms. The van der Waals surface area contributed by atoms with Gasteiger partial charge in [-0.05, 0) is 272 Å². The number of hydrogen-bond acceptors (Lipinski definition) is 6. The van der Waals surface area contributed by atoms with E-state index in [-0.39, 0.29) is 0 Å². The van der Waals surface area contributed by atoms with Crippen LogP contribution in [-0.4, -0.2) is 29.9 Å². The molecule has 6 nitrogen and oxygen atoms in total. The fourth-order valence-electron chi connectivity index (χ4n) is 20.0. The average Bonchev–Trinajstić information content (AvgIpc) is 0.770. The Kier molecular flexibility index (Phi) is 24.9. The summed E-state index contributed by atoms with van der Waals surface area (Å²) in [6.45, 7) is 0. The van der Waals surface area contributed by atoms with E-state index in [0.717, 1.165) is 172 Å². The minimum Gasteiger partial charge on any atom is -0.264 e. The molecule has 0 N–H and O–H groups in total. The highest BCUT2D eigenvalue weighted by atomic mass is 14.7. The molecule has 0 saturated carbocycles. The molecule has 0 aliphatic carbocycles. The van der Waals surface area contributed by atoms with Gasteiger partial charge in [0.05, 0.1) is 50.4 Å². The smallest absolute Gasteiger partial charge is 0.0780 e. The molecule has 0 radical (unpaired) electrons. The molecule has 26 rings (SSSR count). The predicted octanol–water partition coefficient (Wildman–Crippen LogP) is 37.2. The van der Waals surface area contributed by atoms with Crippen molar-refractivity contribution in [1.29, 1.82) is 0 Å². The molecule has 6 aromatic heterocycles. The van der Waals surface area contributed by atoms with Crippen LogP contribution in [0.3, 0.4) is 0 Å². The summed E-state index contributed by atoms with van der Waals surface area (Å²) in [6.07, 6.45) is 5.60. The van der Waals surface area contributed by atoms with Crippen molar-refractivity contribution in [2.45, 2.75) is 0 Å². The molecule has 0 unspecified atom stereocenters. The SMILES string of the molecule is c1ccc(-c2cccc(-c3ccc4nc(-c5cccc(-c6ccccc6)c5)cc(-c5ccc(-c6ccc7ccccc7n6)cc5)c4c3)c2)cc1.c1ccc(-c2cccc(-c3ccc4nc(-c5cccc(-c6ccccc6)c5)cc(-c5cccc(-c6cccc7cccnc67)c5)c4c3)c2)cc1.c1ccc(-c2cccc(-c3ccc4nc(-c5cccc(-c6ccccc6)c5)cc(-c5cccc(-c6cccnc6)c5)c4c3)c2)cc1. The Labute approximate surface area is 849 Å². The number of benzene rings is 20. The van der Waals surface area contributed by atoms with Crippen LogP contribution in [0, 0.1) is 0 Å². The maximum absolute atomic E-state index is 5.28. The highest BCUT2D eigenvalue weighted by Gasteiger charge is 2.21. The minimum absolute atomic E-state index is 0.946. The van der Waals surface area contributed by atoms with Gasteiger partial charge in [0, 0.05) is 78.9 Å². The first-order valence-electron chi connectivity index (χ1n) is 49.5. The second-order valence-electron chi connectivity index (χ2n) is 36.8. The van der Waals surface area contributed by atoms with Gasteiger partial charge in [-0.3, -0.25) is 9.97 Å². The Balaban J connectivity index is 0.000000118. The molecule has 684 valence electrons. The second-order valence-corrected chi connectivity index (χ2v) is 36.8. The van der Waals surface area contributed by atoms with Crippen LogP contribution in [0.1, 0.15) is 0 Å². The van der Waals surface area contributed by atoms with E-state index < -0.39 is 0 Å². The van der Waals surface area contributed by atoms with E-state index in [0.29, 0.717) is 0 Å². The highest BCUT2D eigenvalue weighted by molar-refractivity contribution is 6.05. The molecular formula is C140H94N6. The first-order valence-corrected chi connectivity index (χ1v) is 49.5. The third kappa shape index (κ3) is 19.2. The largest absolute Gasteiger partial charge is 0.264 e. The van der Waals surface area contributed by atoms with Crippen molar-refractivity contribution in [3.63, 3.8) is 0 Å². The Morgan fingerprint density at radius 2 is 0.384 bits per heavy atom. The Bertz CT molecular complexity index is 9260. The zero-order valence-corrected chi connectivity index (χ0v) is 80.0. The fraction of sp³-hybridized carbons (Fsp3) is 0. The number of rotatable bonds is 18. The molecule has 0 aliphatic rings. The Hall–Kier alpha value is -19.4. The molecule has 0 fully saturated rings. The lowest BCUT2D eigenvalue weighted by Crippen LogP contribution is -1.92. The van der Waals surface area contributed by atoms with Gasteiger partial charge in [0.25, 0.3) is 0 Å². The number of pyridine rings is 6. The van der Waals surface area contributed by atoms with Gasteiger partial charge in [0.15, 0.2) is 0 Å². The molecule has 0 saturated heterocycles. The molecule has 0 aliphatic heterocycles. The van der Waals surface area contributed by atoms with Gasteiger partial charge in [-0.15, -0.1) is 0 Å². The monoisotopic (exact) mass is 1860 g/mol. The summed E-state index contributed by atoms with van der Waals surface area (Å²) >= 11 is 0. The van der Waals surface area contributed by atoms with Gasteiger partial charge >= 0.3 is 0 Å². The molecule has 6 heterocycles. The van der Waals surface area contributed by atoms with Crippen LogP contribution in [0.4, 0.5) is 0 Å². The number of para-hydroxylation sites is 2. The summed E-state index contributed by atoms with van der Waals surface area (Å²) in [5, 5.41) is 5.63. The fourth-order valence-corrected chi connectivity index (χ4v) is 20.0. The van der Waals surface area contributed by atoms with Crippen LogP contribution in [0.25, 0.3) is 255 Å². The molecule has 0 bridgehead atoms. The van der Waals surface area contributed by atoms with Crippen molar-refractivity contribution in [2.24, 2.45) is 0 Å². The number of aromatic nitrogens is 6. The molecule has 0 amide bonds. The maximum Gasteiger partial charge on any atom is 0.0780 e. The Morgan fingerprint density at radius 1 is 0.123 bits per heavy atom. The van der Waals surface area contributed by atoms with Crippen LogP contribution in [0.2, 0.25) is 0 Å². The van der Waals surface area contributed by atoms with Crippen molar-refractivity contribution in [3.05, 3.63) is 571 Å². The van der Waals surface area contributed by atoms with Gasteiger partial charge < -0.3 is 0 Å². The lowest BCUT2D eigenvalue weighted by Gasteiger charge is -2.14. The second kappa shape index (κ2) is 40.8. The van der Waals surface area contributed by atoms with Gasteiger partial charge in [-0.1, -0.05) is 425 Å². The summed E-state index contributed by atoms with van der Waals surface area (Å²) in [5.41, 5.74) is 45.7. The molecule has 20 aromatic carbocycles. The zero-order chi connectivity index (χ0) is 97.3. The molecular weight excluding hydrogens is 1770 g/mol. The van der Waals surface area contributed by atoms with Crippen LogP contribution in [0.5, 0.6) is 0 Å². The van der Waals surface area contributed by atoms with Crippen LogP contribution < -0.4 is 0 Å². The molecule has 26 aromatic rings.